The molecule has 2 aromatic carbocycles. The van der Waals surface area contributed by atoms with Gasteiger partial charge in [0, 0.05) is 29.9 Å². The lowest BCUT2D eigenvalue weighted by Crippen LogP contribution is -2.45. The predicted octanol–water partition coefficient (Wildman–Crippen LogP) is 4.26. The summed E-state index contributed by atoms with van der Waals surface area (Å²) in [4.78, 5) is 14.9. The van der Waals surface area contributed by atoms with Crippen molar-refractivity contribution in [1.82, 2.24) is 4.90 Å². The van der Waals surface area contributed by atoms with Crippen molar-refractivity contribution in [1.29, 1.82) is 0 Å². The minimum Gasteiger partial charge on any atom is -0.493 e. The van der Waals surface area contributed by atoms with E-state index < -0.39 is 0 Å². The fraction of sp³-hybridized carbons (Fsp3) is 0.348. The molecule has 2 aromatic rings. The van der Waals surface area contributed by atoms with Crippen LogP contribution in [0.3, 0.4) is 0 Å². The molecule has 1 N–H and O–H groups in total. The lowest BCUT2D eigenvalue weighted by Gasteiger charge is -2.44. The first-order valence-corrected chi connectivity index (χ1v) is 9.33. The number of carbonyl (C=O) groups is 1. The number of aryl methyl sites for hydroxylation is 1. The fourth-order valence-corrected chi connectivity index (χ4v) is 3.51. The number of hydrogen-bond acceptors (Lipinski definition) is 4. The average molecular weight is 380 g/mol. The number of fused-ring (bicyclic) bond motifs is 1. The van der Waals surface area contributed by atoms with Crippen molar-refractivity contribution in [3.05, 3.63) is 59.2 Å². The Bertz CT molecular complexity index is 914. The number of amides is 1. The second-order valence-electron chi connectivity index (χ2n) is 7.80. The molecular weight excluding hydrogens is 352 g/mol. The molecule has 0 aliphatic carbocycles. The van der Waals surface area contributed by atoms with Crippen molar-refractivity contribution in [3.63, 3.8) is 0 Å². The zero-order valence-corrected chi connectivity index (χ0v) is 17.4. The minimum atomic E-state index is -0.163. The first-order chi connectivity index (χ1) is 13.2. The maximum atomic E-state index is 12.7. The number of anilines is 1. The van der Waals surface area contributed by atoms with Crippen LogP contribution < -0.4 is 14.8 Å². The van der Waals surface area contributed by atoms with Crippen LogP contribution in [0, 0.1) is 6.92 Å². The van der Waals surface area contributed by atoms with Gasteiger partial charge < -0.3 is 19.7 Å². The van der Waals surface area contributed by atoms with E-state index in [1.54, 1.807) is 20.3 Å². The lowest BCUT2D eigenvalue weighted by atomic mass is 9.83. The van der Waals surface area contributed by atoms with Crippen LogP contribution in [-0.2, 0) is 11.2 Å². The molecule has 0 saturated carbocycles. The zero-order valence-electron chi connectivity index (χ0n) is 17.4. The summed E-state index contributed by atoms with van der Waals surface area (Å²) in [7, 11) is 5.27. The Kier molecular flexibility index (Phi) is 5.36. The predicted molar refractivity (Wildman–Crippen MR) is 113 cm³/mol. The highest BCUT2D eigenvalue weighted by Crippen LogP contribution is 2.42. The summed E-state index contributed by atoms with van der Waals surface area (Å²) < 4.78 is 10.9. The highest BCUT2D eigenvalue weighted by molar-refractivity contribution is 6.04. The van der Waals surface area contributed by atoms with E-state index in [-0.39, 0.29) is 11.4 Å². The van der Waals surface area contributed by atoms with Crippen LogP contribution >= 0.6 is 0 Å². The maximum absolute atomic E-state index is 12.7. The van der Waals surface area contributed by atoms with E-state index in [0.29, 0.717) is 11.5 Å². The molecule has 5 nitrogen and oxygen atoms in total. The second-order valence-corrected chi connectivity index (χ2v) is 7.80. The van der Waals surface area contributed by atoms with Crippen LogP contribution in [0.25, 0.3) is 5.70 Å². The summed E-state index contributed by atoms with van der Waals surface area (Å²) >= 11 is 0. The number of methoxy groups -OCH3 is 2. The highest BCUT2D eigenvalue weighted by Gasteiger charge is 2.34. The Hall–Kier alpha value is -2.95. The summed E-state index contributed by atoms with van der Waals surface area (Å²) in [5.74, 6) is 1.19. The Morgan fingerprint density at radius 3 is 2.32 bits per heavy atom. The van der Waals surface area contributed by atoms with Crippen LogP contribution in [0.1, 0.15) is 30.5 Å². The van der Waals surface area contributed by atoms with Crippen LogP contribution in [-0.4, -0.2) is 37.6 Å². The van der Waals surface area contributed by atoms with Crippen molar-refractivity contribution >= 4 is 17.3 Å². The van der Waals surface area contributed by atoms with E-state index in [4.69, 9.17) is 9.47 Å². The van der Waals surface area contributed by atoms with Gasteiger partial charge in [-0.15, -0.1) is 0 Å². The van der Waals surface area contributed by atoms with Crippen molar-refractivity contribution in [2.45, 2.75) is 32.7 Å². The number of benzene rings is 2. The summed E-state index contributed by atoms with van der Waals surface area (Å²) in [6.45, 7) is 6.35. The summed E-state index contributed by atoms with van der Waals surface area (Å²) in [5, 5.41) is 2.95. The molecule has 1 aliphatic rings. The molecule has 3 rings (SSSR count). The van der Waals surface area contributed by atoms with Crippen molar-refractivity contribution in [2.24, 2.45) is 0 Å². The normalized spacial score (nSPS) is 16.5. The molecule has 0 atom stereocenters. The molecule has 5 heteroatoms. The molecule has 0 fully saturated rings. The third-order valence-electron chi connectivity index (χ3n) is 5.36. The van der Waals surface area contributed by atoms with Gasteiger partial charge in [-0.05, 0) is 57.0 Å². The van der Waals surface area contributed by atoms with Gasteiger partial charge in [0.2, 0.25) is 5.91 Å². The van der Waals surface area contributed by atoms with Gasteiger partial charge in [0.25, 0.3) is 0 Å². The summed E-state index contributed by atoms with van der Waals surface area (Å²) in [6.07, 6.45) is 2.50. The number of likely N-dealkylation sites (N-methyl/N-ethyl adjacent to an activating group) is 1. The smallest absolute Gasteiger partial charge is 0.250 e. The van der Waals surface area contributed by atoms with E-state index in [0.717, 1.165) is 34.5 Å². The molecule has 0 radical (unpaired) electrons. The van der Waals surface area contributed by atoms with Gasteiger partial charge in [-0.1, -0.05) is 17.7 Å². The standard InChI is InChI=1S/C23H28N2O3/c1-15-7-9-17(10-8-15)24-22(26)13-19-18-12-21(28-6)20(27-5)11-16(18)14-23(2,3)25(19)4/h7-13H,14H2,1-6H3,(H,24,26)/b19-13-. The zero-order chi connectivity index (χ0) is 20.5. The van der Waals surface area contributed by atoms with Crippen molar-refractivity contribution in [2.75, 3.05) is 26.6 Å². The van der Waals surface area contributed by atoms with Gasteiger partial charge in [0.15, 0.2) is 11.5 Å². The number of ether oxygens (including phenoxy) is 2. The van der Waals surface area contributed by atoms with E-state index in [2.05, 4.69) is 24.1 Å². The quantitative estimate of drug-likeness (QED) is 0.806. The third kappa shape index (κ3) is 3.84. The molecule has 0 bridgehead atoms. The van der Waals surface area contributed by atoms with Gasteiger partial charge in [0.05, 0.1) is 19.9 Å². The fourth-order valence-electron chi connectivity index (χ4n) is 3.51. The van der Waals surface area contributed by atoms with Gasteiger partial charge >= 0.3 is 0 Å². The van der Waals surface area contributed by atoms with Crippen LogP contribution in [0.5, 0.6) is 11.5 Å². The Balaban J connectivity index is 2.02. The number of nitrogens with zero attached hydrogens (tertiary/aromatic N) is 1. The van der Waals surface area contributed by atoms with Gasteiger partial charge in [-0.3, -0.25) is 4.79 Å². The van der Waals surface area contributed by atoms with Crippen LogP contribution in [0.4, 0.5) is 5.69 Å². The van der Waals surface area contributed by atoms with E-state index >= 15 is 0 Å². The number of rotatable bonds is 4. The first kappa shape index (κ1) is 19.8. The topological polar surface area (TPSA) is 50.8 Å². The van der Waals surface area contributed by atoms with E-state index in [1.165, 1.54) is 0 Å². The molecule has 1 aliphatic heterocycles. The second kappa shape index (κ2) is 7.58. The van der Waals surface area contributed by atoms with Crippen LogP contribution in [0.2, 0.25) is 0 Å². The number of carbonyl (C=O) groups excluding carboxylic acids is 1. The first-order valence-electron chi connectivity index (χ1n) is 9.33. The average Bonchev–Trinajstić information content (AvgIpc) is 2.66. The molecule has 0 unspecified atom stereocenters. The largest absolute Gasteiger partial charge is 0.493 e. The van der Waals surface area contributed by atoms with Gasteiger partial charge in [-0.2, -0.15) is 0 Å². The molecular formula is C23H28N2O3. The molecule has 1 amide bonds. The van der Waals surface area contributed by atoms with Crippen molar-refractivity contribution < 1.29 is 14.3 Å². The molecule has 1 heterocycles. The van der Waals surface area contributed by atoms with Crippen molar-refractivity contribution in [3.8, 4) is 11.5 Å². The molecule has 0 spiro atoms. The molecule has 28 heavy (non-hydrogen) atoms. The Morgan fingerprint density at radius 2 is 1.71 bits per heavy atom. The van der Waals surface area contributed by atoms with Gasteiger partial charge in [0.1, 0.15) is 0 Å². The summed E-state index contributed by atoms with van der Waals surface area (Å²) in [6, 6.07) is 11.7. The highest BCUT2D eigenvalue weighted by atomic mass is 16.5. The minimum absolute atomic E-state index is 0.136. The van der Waals surface area contributed by atoms with Gasteiger partial charge in [-0.25, -0.2) is 0 Å². The Labute approximate surface area is 167 Å². The summed E-state index contributed by atoms with van der Waals surface area (Å²) in [5.41, 5.74) is 4.77. The van der Waals surface area contributed by atoms with Crippen LogP contribution in [0.15, 0.2) is 42.5 Å². The number of hydrogen-bond donors (Lipinski definition) is 1. The Morgan fingerprint density at radius 1 is 1.11 bits per heavy atom. The third-order valence-corrected chi connectivity index (χ3v) is 5.36. The van der Waals surface area contributed by atoms with E-state index in [9.17, 15) is 4.79 Å². The molecule has 148 valence electrons. The maximum Gasteiger partial charge on any atom is 0.250 e. The SMILES string of the molecule is COc1cc2c(cc1OC)/C(=C/C(=O)Nc1ccc(C)cc1)N(C)C(C)(C)C2. The monoisotopic (exact) mass is 380 g/mol. The van der Waals surface area contributed by atoms with E-state index in [1.807, 2.05) is 50.4 Å². The lowest BCUT2D eigenvalue weighted by molar-refractivity contribution is -0.111. The number of nitrogens with one attached hydrogen (secondary N) is 1. The molecule has 0 saturated heterocycles. The molecule has 0 aromatic heterocycles.